The van der Waals surface area contributed by atoms with E-state index in [0.717, 1.165) is 4.90 Å². The standard InChI is InChI=1S/C14H18Cl2N4O4S/c1-17-14(22)18-12(21)9-19-5-7-20(8-6-19)25(23,24)11-4-2-3-10(15)13(11)16/h2-4H,5-9H2,1H3,(H2,17,18,21,22)/p+1. The number of imide groups is 1. The third-order valence-corrected chi connectivity index (χ3v) is 6.73. The number of benzene rings is 1. The summed E-state index contributed by atoms with van der Waals surface area (Å²) in [4.78, 5) is 23.7. The van der Waals surface area contributed by atoms with Gasteiger partial charge in [0.1, 0.15) is 4.90 Å². The number of quaternary nitrogens is 1. The summed E-state index contributed by atoms with van der Waals surface area (Å²) in [5.74, 6) is -0.413. The summed E-state index contributed by atoms with van der Waals surface area (Å²) in [6, 6.07) is 3.91. The zero-order valence-corrected chi connectivity index (χ0v) is 15.8. The first-order chi connectivity index (χ1) is 11.8. The van der Waals surface area contributed by atoms with Crippen LogP contribution in [0, 0.1) is 0 Å². The topological polar surface area (TPSA) is 100 Å². The van der Waals surface area contributed by atoms with Gasteiger partial charge < -0.3 is 10.2 Å². The van der Waals surface area contributed by atoms with Gasteiger partial charge in [-0.15, -0.1) is 0 Å². The molecule has 3 amide bonds. The van der Waals surface area contributed by atoms with Crippen LogP contribution in [0.2, 0.25) is 10.0 Å². The van der Waals surface area contributed by atoms with Crippen LogP contribution in [0.4, 0.5) is 4.79 Å². The van der Waals surface area contributed by atoms with Crippen molar-refractivity contribution in [1.29, 1.82) is 0 Å². The average Bonchev–Trinajstić information content (AvgIpc) is 2.57. The van der Waals surface area contributed by atoms with Crippen LogP contribution < -0.4 is 15.5 Å². The number of hydrogen-bond donors (Lipinski definition) is 3. The minimum Gasteiger partial charge on any atom is -0.341 e. The monoisotopic (exact) mass is 409 g/mol. The fourth-order valence-electron chi connectivity index (χ4n) is 2.50. The Morgan fingerprint density at radius 2 is 1.88 bits per heavy atom. The second-order valence-corrected chi connectivity index (χ2v) is 8.20. The van der Waals surface area contributed by atoms with Gasteiger partial charge in [0, 0.05) is 7.05 Å². The van der Waals surface area contributed by atoms with Gasteiger partial charge in [-0.1, -0.05) is 29.3 Å². The smallest absolute Gasteiger partial charge is 0.321 e. The lowest BCUT2D eigenvalue weighted by molar-refractivity contribution is -0.895. The highest BCUT2D eigenvalue weighted by molar-refractivity contribution is 7.89. The molecule has 138 valence electrons. The maximum absolute atomic E-state index is 12.7. The van der Waals surface area contributed by atoms with Crippen molar-refractivity contribution in [3.8, 4) is 0 Å². The maximum atomic E-state index is 12.7. The number of rotatable bonds is 4. The molecule has 11 heteroatoms. The molecule has 3 N–H and O–H groups in total. The van der Waals surface area contributed by atoms with Gasteiger partial charge >= 0.3 is 6.03 Å². The summed E-state index contributed by atoms with van der Waals surface area (Å²) in [6.07, 6.45) is 0. The third kappa shape index (κ3) is 4.83. The van der Waals surface area contributed by atoms with E-state index in [0.29, 0.717) is 13.1 Å². The summed E-state index contributed by atoms with van der Waals surface area (Å²) in [5.41, 5.74) is 0. The quantitative estimate of drug-likeness (QED) is 0.614. The highest BCUT2D eigenvalue weighted by atomic mass is 35.5. The molecule has 1 aliphatic rings. The maximum Gasteiger partial charge on any atom is 0.321 e. The highest BCUT2D eigenvalue weighted by Gasteiger charge is 2.32. The number of nitrogens with one attached hydrogen (secondary N) is 3. The SMILES string of the molecule is CNC(=O)NC(=O)C[NH+]1CCN(S(=O)(=O)c2cccc(Cl)c2Cl)CC1. The summed E-state index contributed by atoms with van der Waals surface area (Å²) in [7, 11) is -2.33. The van der Waals surface area contributed by atoms with E-state index in [1.807, 2.05) is 0 Å². The van der Waals surface area contributed by atoms with Crippen LogP contribution in [0.5, 0.6) is 0 Å². The van der Waals surface area contributed by atoms with Crippen molar-refractivity contribution in [1.82, 2.24) is 14.9 Å². The lowest BCUT2D eigenvalue weighted by atomic mass is 10.3. The molecule has 0 aromatic heterocycles. The van der Waals surface area contributed by atoms with Gasteiger partial charge in [-0.05, 0) is 12.1 Å². The number of hydrogen-bond acceptors (Lipinski definition) is 4. The molecule has 1 aromatic carbocycles. The van der Waals surface area contributed by atoms with E-state index in [1.54, 1.807) is 0 Å². The Labute approximate surface area is 156 Å². The number of urea groups is 1. The number of piperazine rings is 1. The molecule has 0 radical (unpaired) electrons. The van der Waals surface area contributed by atoms with Crippen LogP contribution in [0.1, 0.15) is 0 Å². The number of carbonyl (C=O) groups is 2. The molecular formula is C14H19Cl2N4O4S+. The summed E-state index contributed by atoms with van der Waals surface area (Å²) in [5, 5.41) is 4.66. The molecule has 1 heterocycles. The Kier molecular flexibility index (Phi) is 6.64. The van der Waals surface area contributed by atoms with Crippen molar-refractivity contribution in [2.24, 2.45) is 0 Å². The van der Waals surface area contributed by atoms with Gasteiger partial charge in [0.05, 0.1) is 36.2 Å². The van der Waals surface area contributed by atoms with Gasteiger partial charge in [0.25, 0.3) is 5.91 Å². The molecular weight excluding hydrogens is 391 g/mol. The molecule has 2 rings (SSSR count). The van der Waals surface area contributed by atoms with Gasteiger partial charge in [-0.25, -0.2) is 13.2 Å². The molecule has 0 saturated carbocycles. The zero-order chi connectivity index (χ0) is 18.6. The Balaban J connectivity index is 1.98. The second-order valence-electron chi connectivity index (χ2n) is 5.51. The van der Waals surface area contributed by atoms with E-state index in [-0.39, 0.29) is 34.6 Å². The summed E-state index contributed by atoms with van der Waals surface area (Å²) < 4.78 is 26.8. The molecule has 0 spiro atoms. The Bertz CT molecular complexity index is 764. The van der Waals surface area contributed by atoms with Gasteiger partial charge in [0.15, 0.2) is 6.54 Å². The lowest BCUT2D eigenvalue weighted by Crippen LogP contribution is -3.15. The molecule has 0 aliphatic carbocycles. The Morgan fingerprint density at radius 1 is 1.24 bits per heavy atom. The summed E-state index contributed by atoms with van der Waals surface area (Å²) in [6.45, 7) is 1.47. The first kappa shape index (κ1) is 19.9. The van der Waals surface area contributed by atoms with Crippen LogP contribution >= 0.6 is 23.2 Å². The Hall–Kier alpha value is -1.39. The van der Waals surface area contributed by atoms with Crippen molar-refractivity contribution in [2.75, 3.05) is 39.8 Å². The molecule has 25 heavy (non-hydrogen) atoms. The normalized spacial score (nSPS) is 16.4. The van der Waals surface area contributed by atoms with Crippen LogP contribution in [-0.4, -0.2) is 64.4 Å². The molecule has 0 bridgehead atoms. The number of halogens is 2. The number of amides is 3. The third-order valence-electron chi connectivity index (χ3n) is 3.85. The minimum absolute atomic E-state index is 0.00361. The van der Waals surface area contributed by atoms with E-state index in [9.17, 15) is 18.0 Å². The van der Waals surface area contributed by atoms with Crippen LogP contribution in [0.25, 0.3) is 0 Å². The van der Waals surface area contributed by atoms with Gasteiger partial charge in [-0.2, -0.15) is 4.31 Å². The van der Waals surface area contributed by atoms with Gasteiger partial charge in [0.2, 0.25) is 10.0 Å². The molecule has 1 aliphatic heterocycles. The van der Waals surface area contributed by atoms with E-state index >= 15 is 0 Å². The van der Waals surface area contributed by atoms with Gasteiger partial charge in [-0.3, -0.25) is 10.1 Å². The molecule has 8 nitrogen and oxygen atoms in total. The van der Waals surface area contributed by atoms with Crippen LogP contribution in [0.15, 0.2) is 23.1 Å². The predicted molar refractivity (Wildman–Crippen MR) is 93.4 cm³/mol. The van der Waals surface area contributed by atoms with Crippen molar-refractivity contribution in [2.45, 2.75) is 4.90 Å². The van der Waals surface area contributed by atoms with E-state index in [4.69, 9.17) is 23.2 Å². The minimum atomic E-state index is -3.75. The van der Waals surface area contributed by atoms with E-state index < -0.39 is 22.0 Å². The molecule has 1 aromatic rings. The number of nitrogens with zero attached hydrogens (tertiary/aromatic N) is 1. The zero-order valence-electron chi connectivity index (χ0n) is 13.5. The molecule has 0 atom stereocenters. The number of carbonyl (C=O) groups excluding carboxylic acids is 2. The number of sulfonamides is 1. The van der Waals surface area contributed by atoms with Crippen molar-refractivity contribution < 1.29 is 22.9 Å². The van der Waals surface area contributed by atoms with Crippen molar-refractivity contribution in [3.63, 3.8) is 0 Å². The fourth-order valence-corrected chi connectivity index (χ4v) is 4.68. The first-order valence-electron chi connectivity index (χ1n) is 7.55. The second kappa shape index (κ2) is 8.33. The largest absolute Gasteiger partial charge is 0.341 e. The Morgan fingerprint density at radius 3 is 2.48 bits per heavy atom. The molecule has 0 unspecified atom stereocenters. The average molecular weight is 410 g/mol. The predicted octanol–water partition coefficient (Wildman–Crippen LogP) is -0.662. The van der Waals surface area contributed by atoms with Crippen molar-refractivity contribution in [3.05, 3.63) is 28.2 Å². The van der Waals surface area contributed by atoms with Crippen LogP contribution in [0.3, 0.4) is 0 Å². The fraction of sp³-hybridized carbons (Fsp3) is 0.429. The molecule has 1 saturated heterocycles. The van der Waals surface area contributed by atoms with E-state index in [1.165, 1.54) is 29.6 Å². The summed E-state index contributed by atoms with van der Waals surface area (Å²) >= 11 is 11.9. The van der Waals surface area contributed by atoms with Crippen LogP contribution in [-0.2, 0) is 14.8 Å². The van der Waals surface area contributed by atoms with Crippen molar-refractivity contribution >= 4 is 45.2 Å². The van der Waals surface area contributed by atoms with E-state index in [2.05, 4.69) is 10.6 Å². The highest BCUT2D eigenvalue weighted by Crippen LogP contribution is 2.30. The molecule has 1 fully saturated rings. The first-order valence-corrected chi connectivity index (χ1v) is 9.74. The lowest BCUT2D eigenvalue weighted by Gasteiger charge is -2.31.